The predicted octanol–water partition coefficient (Wildman–Crippen LogP) is 2.35. The average molecular weight is 550 g/mol. The van der Waals surface area contributed by atoms with Crippen LogP contribution in [0.3, 0.4) is 0 Å². The van der Waals surface area contributed by atoms with Crippen molar-refractivity contribution >= 4 is 32.5 Å². The number of aliphatic hydroxyl groups is 1. The Morgan fingerprint density at radius 3 is 2.53 bits per heavy atom. The second-order valence-electron chi connectivity index (χ2n) is 8.82. The third-order valence-corrected chi connectivity index (χ3v) is 7.69. The minimum Gasteiger partial charge on any atom is -0.389 e. The van der Waals surface area contributed by atoms with Crippen molar-refractivity contribution in [2.75, 3.05) is 17.8 Å². The van der Waals surface area contributed by atoms with Crippen molar-refractivity contribution in [3.63, 3.8) is 0 Å². The van der Waals surface area contributed by atoms with Gasteiger partial charge in [-0.3, -0.25) is 14.2 Å². The number of amides is 1. The molecule has 1 saturated heterocycles. The van der Waals surface area contributed by atoms with E-state index in [1.54, 1.807) is 25.4 Å². The van der Waals surface area contributed by atoms with E-state index in [0.29, 0.717) is 29.1 Å². The van der Waals surface area contributed by atoms with Crippen molar-refractivity contribution in [2.45, 2.75) is 30.5 Å². The fourth-order valence-corrected chi connectivity index (χ4v) is 5.86. The van der Waals surface area contributed by atoms with Gasteiger partial charge in [-0.05, 0) is 24.1 Å². The number of β-amino-alcohol motifs (C(OH)–C–C–N with tert-alkyl or cyclic N) is 1. The number of aromatic nitrogens is 5. The van der Waals surface area contributed by atoms with Gasteiger partial charge in [0.25, 0.3) is 15.9 Å². The Bertz CT molecular complexity index is 1640. The summed E-state index contributed by atoms with van der Waals surface area (Å²) in [6.45, 7) is 1.67. The molecule has 1 fully saturated rings. The zero-order valence-electron chi connectivity index (χ0n) is 20.1. The van der Waals surface area contributed by atoms with Gasteiger partial charge in [0, 0.05) is 31.7 Å². The van der Waals surface area contributed by atoms with Crippen LogP contribution in [-0.4, -0.2) is 68.1 Å². The number of carbonyl (C=O) groups is 1. The minimum absolute atomic E-state index is 0.0656. The fourth-order valence-electron chi connectivity index (χ4n) is 4.27. The minimum atomic E-state index is -4.86. The van der Waals surface area contributed by atoms with E-state index in [0.717, 1.165) is 15.8 Å². The number of carbonyl (C=O) groups excluding carboxylic acids is 1. The molecule has 1 amide bonds. The van der Waals surface area contributed by atoms with Gasteiger partial charge in [-0.25, -0.2) is 18.1 Å². The molecule has 4 aromatic rings. The molecule has 1 aliphatic rings. The molecule has 0 aliphatic carbocycles. The van der Waals surface area contributed by atoms with Gasteiger partial charge < -0.3 is 10.0 Å². The van der Waals surface area contributed by atoms with E-state index in [1.165, 1.54) is 16.8 Å². The first-order valence-electron chi connectivity index (χ1n) is 11.5. The number of hydrogen-bond acceptors (Lipinski definition) is 7. The average Bonchev–Trinajstić information content (AvgIpc) is 3.46. The number of pyridine rings is 1. The quantitative estimate of drug-likeness (QED) is 0.377. The van der Waals surface area contributed by atoms with Gasteiger partial charge in [0.1, 0.15) is 10.5 Å². The molecule has 0 radical (unpaired) electrons. The van der Waals surface area contributed by atoms with Crippen LogP contribution in [0.5, 0.6) is 0 Å². The predicted molar refractivity (Wildman–Crippen MR) is 129 cm³/mol. The Kier molecular flexibility index (Phi) is 6.14. The molecular formula is C23H22F3N7O4S. The lowest BCUT2D eigenvalue weighted by molar-refractivity contribution is -0.138. The summed E-state index contributed by atoms with van der Waals surface area (Å²) in [4.78, 5) is 17.7. The van der Waals surface area contributed by atoms with Crippen LogP contribution in [0, 0.1) is 0 Å². The summed E-state index contributed by atoms with van der Waals surface area (Å²) in [5, 5.41) is 18.0. The van der Waals surface area contributed by atoms with Crippen molar-refractivity contribution in [3.8, 4) is 5.82 Å². The van der Waals surface area contributed by atoms with Crippen LogP contribution in [0.25, 0.3) is 16.7 Å². The number of rotatable bonds is 6. The van der Waals surface area contributed by atoms with E-state index < -0.39 is 39.5 Å². The number of anilines is 1. The summed E-state index contributed by atoms with van der Waals surface area (Å²) < 4.78 is 72.3. The molecule has 38 heavy (non-hydrogen) atoms. The number of alkyl halides is 3. The highest BCUT2D eigenvalue weighted by atomic mass is 32.2. The molecule has 4 heterocycles. The van der Waals surface area contributed by atoms with E-state index in [4.69, 9.17) is 0 Å². The van der Waals surface area contributed by atoms with Crippen molar-refractivity contribution < 1.29 is 31.5 Å². The molecule has 1 aromatic carbocycles. The number of nitrogens with zero attached hydrogens (tertiary/aromatic N) is 6. The molecule has 0 atom stereocenters. The standard InChI is InChI=1S/C23H22F3N7O4S/c1-3-13-4-5-14-8-28-31(2)20(14)21(13)38(36,37)30-15-6-7-18(27-9-15)33-12-17(23(24,25)26)19(29-33)22(35)32-10-16(34)11-32/h4-9,12,16,30,34H,3,10-11H2,1-2H3. The third-order valence-electron chi connectivity index (χ3n) is 6.19. The van der Waals surface area contributed by atoms with Gasteiger partial charge in [0.2, 0.25) is 0 Å². The maximum absolute atomic E-state index is 13.6. The van der Waals surface area contributed by atoms with Gasteiger partial charge in [0.15, 0.2) is 11.5 Å². The summed E-state index contributed by atoms with van der Waals surface area (Å²) in [7, 11) is -2.45. The summed E-state index contributed by atoms with van der Waals surface area (Å²) >= 11 is 0. The normalized spacial score (nSPS) is 14.6. The van der Waals surface area contributed by atoms with E-state index >= 15 is 0 Å². The number of fused-ring (bicyclic) bond motifs is 1. The summed E-state index contributed by atoms with van der Waals surface area (Å²) in [6.07, 6.45) is -1.84. The summed E-state index contributed by atoms with van der Waals surface area (Å²) in [5.74, 6) is -1.02. The second kappa shape index (κ2) is 9.09. The Morgan fingerprint density at radius 2 is 1.92 bits per heavy atom. The SMILES string of the molecule is CCc1ccc2cnn(C)c2c1S(=O)(=O)Nc1ccc(-n2cc(C(F)(F)F)c(C(=O)N3CC(O)C3)n2)nc1. The largest absolute Gasteiger partial charge is 0.420 e. The first-order chi connectivity index (χ1) is 17.9. The van der Waals surface area contributed by atoms with Crippen LogP contribution in [0.2, 0.25) is 0 Å². The molecule has 0 saturated carbocycles. The Balaban J connectivity index is 1.45. The highest BCUT2D eigenvalue weighted by Gasteiger charge is 2.41. The number of nitrogens with one attached hydrogen (secondary N) is 1. The van der Waals surface area contributed by atoms with Crippen LogP contribution in [0.4, 0.5) is 18.9 Å². The van der Waals surface area contributed by atoms with E-state index in [-0.39, 0.29) is 29.5 Å². The Morgan fingerprint density at radius 1 is 1.18 bits per heavy atom. The van der Waals surface area contributed by atoms with Crippen molar-refractivity contribution in [1.82, 2.24) is 29.4 Å². The molecule has 0 spiro atoms. The van der Waals surface area contributed by atoms with Gasteiger partial charge in [-0.1, -0.05) is 19.1 Å². The summed E-state index contributed by atoms with van der Waals surface area (Å²) in [6, 6.07) is 6.11. The molecular weight excluding hydrogens is 527 g/mol. The number of aryl methyl sites for hydroxylation is 2. The lowest BCUT2D eigenvalue weighted by atomic mass is 10.1. The van der Waals surface area contributed by atoms with Crippen molar-refractivity contribution in [2.24, 2.45) is 7.05 Å². The van der Waals surface area contributed by atoms with Gasteiger partial charge in [0.05, 0.1) is 29.7 Å². The molecule has 5 rings (SSSR count). The number of aliphatic hydroxyl groups excluding tert-OH is 1. The zero-order valence-corrected chi connectivity index (χ0v) is 21.0. The summed E-state index contributed by atoms with van der Waals surface area (Å²) in [5.41, 5.74) is -0.964. The van der Waals surface area contributed by atoms with Crippen LogP contribution >= 0.6 is 0 Å². The van der Waals surface area contributed by atoms with Crippen LogP contribution in [-0.2, 0) is 29.7 Å². The molecule has 11 nitrogen and oxygen atoms in total. The highest BCUT2D eigenvalue weighted by molar-refractivity contribution is 7.93. The number of hydrogen-bond donors (Lipinski definition) is 2. The first-order valence-corrected chi connectivity index (χ1v) is 12.9. The van der Waals surface area contributed by atoms with E-state index in [9.17, 15) is 31.5 Å². The number of benzene rings is 1. The van der Waals surface area contributed by atoms with Crippen LogP contribution in [0.1, 0.15) is 28.5 Å². The van der Waals surface area contributed by atoms with Crippen molar-refractivity contribution in [3.05, 3.63) is 59.7 Å². The zero-order chi connectivity index (χ0) is 27.4. The number of halogens is 3. The van der Waals surface area contributed by atoms with Crippen molar-refractivity contribution in [1.29, 1.82) is 0 Å². The maximum atomic E-state index is 13.6. The molecule has 0 unspecified atom stereocenters. The monoisotopic (exact) mass is 549 g/mol. The van der Waals surface area contributed by atoms with Gasteiger partial charge in [-0.15, -0.1) is 0 Å². The maximum Gasteiger partial charge on any atom is 0.420 e. The van der Waals surface area contributed by atoms with E-state index in [2.05, 4.69) is 19.9 Å². The number of sulfonamides is 1. The van der Waals surface area contributed by atoms with Crippen LogP contribution in [0.15, 0.2) is 47.8 Å². The van der Waals surface area contributed by atoms with Gasteiger partial charge in [-0.2, -0.15) is 23.4 Å². The molecule has 3 aromatic heterocycles. The fraction of sp³-hybridized carbons (Fsp3) is 0.304. The smallest absolute Gasteiger partial charge is 0.389 e. The molecule has 0 bridgehead atoms. The lowest BCUT2D eigenvalue weighted by Gasteiger charge is -2.35. The topological polar surface area (TPSA) is 135 Å². The Labute approximate surface area is 214 Å². The second-order valence-corrected chi connectivity index (χ2v) is 10.4. The molecule has 1 aliphatic heterocycles. The van der Waals surface area contributed by atoms with E-state index in [1.807, 2.05) is 6.92 Å². The molecule has 15 heteroatoms. The lowest BCUT2D eigenvalue weighted by Crippen LogP contribution is -2.53. The highest BCUT2D eigenvalue weighted by Crippen LogP contribution is 2.33. The molecule has 200 valence electrons. The first kappa shape index (κ1) is 25.7. The van der Waals surface area contributed by atoms with Crippen LogP contribution < -0.4 is 4.72 Å². The van der Waals surface area contributed by atoms with Gasteiger partial charge >= 0.3 is 6.18 Å². The third kappa shape index (κ3) is 4.47. The molecule has 2 N–H and O–H groups in total. The number of likely N-dealkylation sites (tertiary alicyclic amines) is 1. The Hall–Kier alpha value is -3.98.